The van der Waals surface area contributed by atoms with Crippen molar-refractivity contribution >= 4 is 11.6 Å². The summed E-state index contributed by atoms with van der Waals surface area (Å²) < 4.78 is 18.7. The molecule has 1 saturated carbocycles. The summed E-state index contributed by atoms with van der Waals surface area (Å²) >= 11 is 6.21. The fourth-order valence-corrected chi connectivity index (χ4v) is 2.99. The van der Waals surface area contributed by atoms with Crippen LogP contribution in [-0.2, 0) is 6.54 Å². The van der Waals surface area contributed by atoms with Crippen LogP contribution in [0.5, 0.6) is 0 Å². The molecule has 0 aliphatic heterocycles. The molecule has 5 heteroatoms. The molecule has 2 aromatic rings. The van der Waals surface area contributed by atoms with Gasteiger partial charge in [0, 0.05) is 23.7 Å². The highest BCUT2D eigenvalue weighted by molar-refractivity contribution is 6.31. The predicted molar refractivity (Wildman–Crippen MR) is 80.5 cm³/mol. The van der Waals surface area contributed by atoms with Crippen molar-refractivity contribution in [1.29, 1.82) is 0 Å². The van der Waals surface area contributed by atoms with Crippen molar-refractivity contribution in [3.63, 3.8) is 0 Å². The lowest BCUT2D eigenvalue weighted by atomic mass is 10.0. The van der Waals surface area contributed by atoms with Crippen molar-refractivity contribution < 1.29 is 8.81 Å². The molecule has 3 nitrogen and oxygen atoms in total. The lowest BCUT2D eigenvalue weighted by molar-refractivity contribution is 0.168. The van der Waals surface area contributed by atoms with Gasteiger partial charge in [-0.15, -0.1) is 0 Å². The van der Waals surface area contributed by atoms with Crippen LogP contribution in [0.4, 0.5) is 4.39 Å². The van der Waals surface area contributed by atoms with Crippen LogP contribution in [0.25, 0.3) is 0 Å². The first-order valence-corrected chi connectivity index (χ1v) is 7.50. The lowest BCUT2D eigenvalue weighted by Gasteiger charge is -2.31. The molecule has 0 radical (unpaired) electrons. The number of benzene rings is 1. The number of furan rings is 1. The summed E-state index contributed by atoms with van der Waals surface area (Å²) in [6, 6.07) is 8.80. The van der Waals surface area contributed by atoms with Gasteiger partial charge in [0.2, 0.25) is 0 Å². The maximum Gasteiger partial charge on any atom is 0.124 e. The van der Waals surface area contributed by atoms with Crippen LogP contribution in [-0.4, -0.2) is 17.5 Å². The van der Waals surface area contributed by atoms with Gasteiger partial charge < -0.3 is 10.2 Å². The van der Waals surface area contributed by atoms with Crippen LogP contribution in [0.15, 0.2) is 41.0 Å². The molecule has 0 amide bonds. The molecule has 3 rings (SSSR count). The Morgan fingerprint density at radius 1 is 1.38 bits per heavy atom. The van der Waals surface area contributed by atoms with Gasteiger partial charge in [0.15, 0.2) is 0 Å². The summed E-state index contributed by atoms with van der Waals surface area (Å²) in [6.45, 7) is 1.12. The average Bonchev–Trinajstić information content (AvgIpc) is 3.18. The number of nitrogens with two attached hydrogens (primary N) is 1. The van der Waals surface area contributed by atoms with E-state index in [1.807, 2.05) is 12.1 Å². The van der Waals surface area contributed by atoms with Gasteiger partial charge in [-0.1, -0.05) is 17.7 Å². The summed E-state index contributed by atoms with van der Waals surface area (Å²) in [5.74, 6) is 0.571. The first kappa shape index (κ1) is 14.6. The highest BCUT2D eigenvalue weighted by atomic mass is 35.5. The van der Waals surface area contributed by atoms with Crippen LogP contribution >= 0.6 is 11.6 Å². The van der Waals surface area contributed by atoms with Gasteiger partial charge >= 0.3 is 0 Å². The first-order valence-electron chi connectivity index (χ1n) is 7.12. The van der Waals surface area contributed by atoms with Crippen LogP contribution in [0, 0.1) is 5.82 Å². The highest BCUT2D eigenvalue weighted by Gasteiger charge is 2.35. The first-order chi connectivity index (χ1) is 10.2. The van der Waals surface area contributed by atoms with Crippen molar-refractivity contribution in [3.8, 4) is 0 Å². The Morgan fingerprint density at radius 3 is 2.76 bits per heavy atom. The summed E-state index contributed by atoms with van der Waals surface area (Å²) in [4.78, 5) is 2.30. The Hall–Kier alpha value is -1.36. The Labute approximate surface area is 128 Å². The Kier molecular flexibility index (Phi) is 4.29. The number of nitrogens with zero attached hydrogens (tertiary/aromatic N) is 1. The molecule has 2 N–H and O–H groups in total. The van der Waals surface area contributed by atoms with Crippen LogP contribution in [0.1, 0.15) is 30.2 Å². The summed E-state index contributed by atoms with van der Waals surface area (Å²) in [6.07, 6.45) is 3.97. The van der Waals surface area contributed by atoms with Crippen molar-refractivity contribution in [2.45, 2.75) is 31.5 Å². The topological polar surface area (TPSA) is 42.4 Å². The molecule has 1 aliphatic rings. The molecule has 0 bridgehead atoms. The van der Waals surface area contributed by atoms with Crippen molar-refractivity contribution in [1.82, 2.24) is 4.90 Å². The molecule has 1 unspecified atom stereocenters. The maximum absolute atomic E-state index is 13.2. The molecule has 1 aromatic heterocycles. The summed E-state index contributed by atoms with van der Waals surface area (Å²) in [5, 5.41) is 0.426. The summed E-state index contributed by atoms with van der Waals surface area (Å²) in [5.41, 5.74) is 6.86. The Balaban J connectivity index is 1.88. The van der Waals surface area contributed by atoms with E-state index in [4.69, 9.17) is 21.8 Å². The Morgan fingerprint density at radius 2 is 2.19 bits per heavy atom. The van der Waals surface area contributed by atoms with Gasteiger partial charge in [0.05, 0.1) is 12.8 Å². The fourth-order valence-electron chi connectivity index (χ4n) is 2.70. The van der Waals surface area contributed by atoms with E-state index in [1.54, 1.807) is 12.3 Å². The number of hydrogen-bond acceptors (Lipinski definition) is 3. The molecular weight excluding hydrogens is 291 g/mol. The third kappa shape index (κ3) is 3.28. The van der Waals surface area contributed by atoms with Gasteiger partial charge in [-0.2, -0.15) is 0 Å². The zero-order valence-corrected chi connectivity index (χ0v) is 12.4. The van der Waals surface area contributed by atoms with Gasteiger partial charge in [-0.3, -0.25) is 4.90 Å². The molecular formula is C16H18ClFN2O. The maximum atomic E-state index is 13.2. The third-order valence-electron chi connectivity index (χ3n) is 3.88. The van der Waals surface area contributed by atoms with E-state index in [0.717, 1.165) is 24.2 Å². The minimum Gasteiger partial charge on any atom is -0.468 e. The van der Waals surface area contributed by atoms with E-state index < -0.39 is 0 Å². The lowest BCUT2D eigenvalue weighted by Crippen LogP contribution is -2.35. The molecule has 0 saturated heterocycles. The van der Waals surface area contributed by atoms with E-state index in [9.17, 15) is 4.39 Å². The second-order valence-corrected chi connectivity index (χ2v) is 5.81. The smallest absolute Gasteiger partial charge is 0.124 e. The molecule has 1 aromatic carbocycles. The van der Waals surface area contributed by atoms with Gasteiger partial charge in [0.1, 0.15) is 11.6 Å². The van der Waals surface area contributed by atoms with E-state index in [0.29, 0.717) is 24.2 Å². The SMILES string of the molecule is NCC(c1ccc(F)cc1Cl)N(Cc1ccco1)C1CC1. The van der Waals surface area contributed by atoms with Crippen molar-refractivity contribution in [3.05, 3.63) is 58.8 Å². The quantitative estimate of drug-likeness (QED) is 0.884. The molecule has 1 fully saturated rings. The number of halogens is 2. The largest absolute Gasteiger partial charge is 0.468 e. The Bertz CT molecular complexity index is 598. The fraction of sp³-hybridized carbons (Fsp3) is 0.375. The second-order valence-electron chi connectivity index (χ2n) is 5.40. The highest BCUT2D eigenvalue weighted by Crippen LogP contribution is 2.37. The van der Waals surface area contributed by atoms with Crippen molar-refractivity contribution in [2.24, 2.45) is 5.73 Å². The molecule has 21 heavy (non-hydrogen) atoms. The molecule has 1 aliphatic carbocycles. The monoisotopic (exact) mass is 308 g/mol. The van der Waals surface area contributed by atoms with Crippen LogP contribution in [0.3, 0.4) is 0 Å². The average molecular weight is 309 g/mol. The zero-order chi connectivity index (χ0) is 14.8. The number of rotatable bonds is 6. The van der Waals surface area contributed by atoms with Crippen LogP contribution in [0.2, 0.25) is 5.02 Å². The van der Waals surface area contributed by atoms with E-state index in [1.165, 1.54) is 12.1 Å². The van der Waals surface area contributed by atoms with Gasteiger partial charge in [-0.25, -0.2) is 4.39 Å². The third-order valence-corrected chi connectivity index (χ3v) is 4.21. The minimum atomic E-state index is -0.330. The summed E-state index contributed by atoms with van der Waals surface area (Å²) in [7, 11) is 0. The standard InChI is InChI=1S/C16H18ClFN2O/c17-15-8-11(18)3-6-14(15)16(9-19)20(12-4-5-12)10-13-2-1-7-21-13/h1-3,6-8,12,16H,4-5,9-10,19H2. The molecule has 1 atom stereocenters. The van der Waals surface area contributed by atoms with Gasteiger partial charge in [0.25, 0.3) is 0 Å². The van der Waals surface area contributed by atoms with Crippen molar-refractivity contribution in [2.75, 3.05) is 6.54 Å². The van der Waals surface area contributed by atoms with E-state index >= 15 is 0 Å². The second kappa shape index (κ2) is 6.18. The normalized spacial score (nSPS) is 16.4. The zero-order valence-electron chi connectivity index (χ0n) is 11.6. The van der Waals surface area contributed by atoms with E-state index in [-0.39, 0.29) is 11.9 Å². The number of hydrogen-bond donors (Lipinski definition) is 1. The molecule has 1 heterocycles. The molecule has 0 spiro atoms. The van der Waals surface area contributed by atoms with Gasteiger partial charge in [-0.05, 0) is 42.7 Å². The van der Waals surface area contributed by atoms with E-state index in [2.05, 4.69) is 4.90 Å². The molecule has 112 valence electrons. The van der Waals surface area contributed by atoms with Crippen LogP contribution < -0.4 is 5.73 Å². The predicted octanol–water partition coefficient (Wildman–Crippen LogP) is 3.74. The minimum absolute atomic E-state index is 0.0318.